The zero-order valence-electron chi connectivity index (χ0n) is 8.91. The SMILES string of the molecule is OC1CCc2nc(C3CCCC3)oc2C1. The number of fused-ring (bicyclic) bond motifs is 1. The lowest BCUT2D eigenvalue weighted by Crippen LogP contribution is -2.17. The summed E-state index contributed by atoms with van der Waals surface area (Å²) in [6, 6.07) is 0. The second kappa shape index (κ2) is 3.63. The summed E-state index contributed by atoms with van der Waals surface area (Å²) in [5, 5.41) is 9.54. The highest BCUT2D eigenvalue weighted by Crippen LogP contribution is 2.35. The van der Waals surface area contributed by atoms with Gasteiger partial charge in [0.1, 0.15) is 5.76 Å². The topological polar surface area (TPSA) is 46.3 Å². The Balaban J connectivity index is 1.85. The van der Waals surface area contributed by atoms with Crippen molar-refractivity contribution < 1.29 is 9.52 Å². The van der Waals surface area contributed by atoms with Gasteiger partial charge in [0.05, 0.1) is 11.8 Å². The molecule has 1 saturated carbocycles. The standard InChI is InChI=1S/C12H17NO2/c14-9-5-6-10-11(7-9)15-12(13-10)8-3-1-2-4-8/h8-9,14H,1-7H2. The van der Waals surface area contributed by atoms with Crippen molar-refractivity contribution in [2.45, 2.75) is 57.0 Å². The molecule has 3 rings (SSSR count). The summed E-state index contributed by atoms with van der Waals surface area (Å²) in [5.41, 5.74) is 1.10. The van der Waals surface area contributed by atoms with E-state index in [1.54, 1.807) is 0 Å². The molecule has 1 N–H and O–H groups in total. The van der Waals surface area contributed by atoms with Gasteiger partial charge in [0, 0.05) is 12.3 Å². The lowest BCUT2D eigenvalue weighted by molar-refractivity contribution is 0.149. The summed E-state index contributed by atoms with van der Waals surface area (Å²) in [4.78, 5) is 4.59. The second-order valence-corrected chi connectivity index (χ2v) is 4.80. The molecule has 2 aliphatic carbocycles. The first-order valence-corrected chi connectivity index (χ1v) is 5.99. The van der Waals surface area contributed by atoms with Crippen LogP contribution in [-0.2, 0) is 12.8 Å². The van der Waals surface area contributed by atoms with E-state index in [2.05, 4.69) is 4.98 Å². The quantitative estimate of drug-likeness (QED) is 0.767. The number of aromatic nitrogens is 1. The van der Waals surface area contributed by atoms with Gasteiger partial charge in [-0.3, -0.25) is 0 Å². The van der Waals surface area contributed by atoms with Crippen LogP contribution >= 0.6 is 0 Å². The van der Waals surface area contributed by atoms with Crippen molar-refractivity contribution in [2.75, 3.05) is 0 Å². The van der Waals surface area contributed by atoms with Crippen LogP contribution in [0.3, 0.4) is 0 Å². The summed E-state index contributed by atoms with van der Waals surface area (Å²) in [6.45, 7) is 0. The molecule has 3 nitrogen and oxygen atoms in total. The summed E-state index contributed by atoms with van der Waals surface area (Å²) in [6.07, 6.45) is 7.22. The maximum Gasteiger partial charge on any atom is 0.197 e. The minimum Gasteiger partial charge on any atom is -0.445 e. The average molecular weight is 207 g/mol. The van der Waals surface area contributed by atoms with Gasteiger partial charge in [-0.2, -0.15) is 0 Å². The minimum absolute atomic E-state index is 0.220. The Morgan fingerprint density at radius 3 is 2.80 bits per heavy atom. The van der Waals surface area contributed by atoms with E-state index in [0.29, 0.717) is 12.3 Å². The second-order valence-electron chi connectivity index (χ2n) is 4.80. The monoisotopic (exact) mass is 207 g/mol. The van der Waals surface area contributed by atoms with Crippen LogP contribution in [0.15, 0.2) is 4.42 Å². The van der Waals surface area contributed by atoms with Crippen LogP contribution in [0.4, 0.5) is 0 Å². The van der Waals surface area contributed by atoms with Gasteiger partial charge in [0.2, 0.25) is 0 Å². The highest BCUT2D eigenvalue weighted by Gasteiger charge is 2.27. The Morgan fingerprint density at radius 1 is 1.20 bits per heavy atom. The molecular formula is C12H17NO2. The number of nitrogens with zero attached hydrogens (tertiary/aromatic N) is 1. The van der Waals surface area contributed by atoms with E-state index in [-0.39, 0.29) is 6.10 Å². The molecule has 0 amide bonds. The molecule has 2 aliphatic rings. The number of rotatable bonds is 1. The molecule has 0 spiro atoms. The van der Waals surface area contributed by atoms with Crippen molar-refractivity contribution in [3.8, 4) is 0 Å². The van der Waals surface area contributed by atoms with Crippen LogP contribution in [-0.4, -0.2) is 16.2 Å². The molecule has 1 heterocycles. The van der Waals surface area contributed by atoms with E-state index in [0.717, 1.165) is 30.2 Å². The van der Waals surface area contributed by atoms with Gasteiger partial charge in [-0.15, -0.1) is 0 Å². The van der Waals surface area contributed by atoms with Gasteiger partial charge < -0.3 is 9.52 Å². The Hall–Kier alpha value is -0.830. The normalized spacial score (nSPS) is 26.9. The summed E-state index contributed by atoms with van der Waals surface area (Å²) >= 11 is 0. The smallest absolute Gasteiger partial charge is 0.197 e. The van der Waals surface area contributed by atoms with Crippen molar-refractivity contribution >= 4 is 0 Å². The number of aryl methyl sites for hydroxylation is 1. The van der Waals surface area contributed by atoms with E-state index in [1.165, 1.54) is 25.7 Å². The van der Waals surface area contributed by atoms with Crippen molar-refractivity contribution in [3.63, 3.8) is 0 Å². The molecule has 3 heteroatoms. The van der Waals surface area contributed by atoms with Crippen LogP contribution in [0.1, 0.15) is 55.4 Å². The van der Waals surface area contributed by atoms with Crippen molar-refractivity contribution in [1.82, 2.24) is 4.98 Å². The highest BCUT2D eigenvalue weighted by atomic mass is 16.4. The zero-order valence-corrected chi connectivity index (χ0v) is 8.91. The summed E-state index contributed by atoms with van der Waals surface area (Å²) < 4.78 is 5.79. The Morgan fingerprint density at radius 2 is 2.00 bits per heavy atom. The third kappa shape index (κ3) is 1.69. The van der Waals surface area contributed by atoms with Crippen molar-refractivity contribution in [1.29, 1.82) is 0 Å². The van der Waals surface area contributed by atoms with Crippen LogP contribution in [0, 0.1) is 0 Å². The molecule has 1 unspecified atom stereocenters. The molecule has 0 bridgehead atoms. The van der Waals surface area contributed by atoms with E-state index in [9.17, 15) is 5.11 Å². The first-order chi connectivity index (χ1) is 7.33. The maximum atomic E-state index is 9.54. The number of oxazole rings is 1. The molecule has 15 heavy (non-hydrogen) atoms. The minimum atomic E-state index is -0.220. The largest absolute Gasteiger partial charge is 0.445 e. The lowest BCUT2D eigenvalue weighted by Gasteiger charge is -2.13. The first kappa shape index (κ1) is 9.40. The zero-order chi connectivity index (χ0) is 10.3. The first-order valence-electron chi connectivity index (χ1n) is 5.99. The van der Waals surface area contributed by atoms with Crippen molar-refractivity contribution in [3.05, 3.63) is 17.3 Å². The molecule has 0 aromatic carbocycles. The fourth-order valence-electron chi connectivity index (χ4n) is 2.72. The van der Waals surface area contributed by atoms with Crippen LogP contribution < -0.4 is 0 Å². The molecule has 1 aromatic rings. The van der Waals surface area contributed by atoms with E-state index in [1.807, 2.05) is 0 Å². The average Bonchev–Trinajstić information content (AvgIpc) is 2.84. The third-order valence-electron chi connectivity index (χ3n) is 3.63. The van der Waals surface area contributed by atoms with E-state index >= 15 is 0 Å². The molecular weight excluding hydrogens is 190 g/mol. The van der Waals surface area contributed by atoms with Crippen LogP contribution in [0.5, 0.6) is 0 Å². The summed E-state index contributed by atoms with van der Waals surface area (Å²) in [7, 11) is 0. The lowest BCUT2D eigenvalue weighted by atomic mass is 9.99. The molecule has 0 aliphatic heterocycles. The molecule has 1 atom stereocenters. The predicted octanol–water partition coefficient (Wildman–Crippen LogP) is 2.18. The molecule has 1 aromatic heterocycles. The number of aliphatic hydroxyl groups is 1. The molecule has 0 saturated heterocycles. The number of hydrogen-bond donors (Lipinski definition) is 1. The van der Waals surface area contributed by atoms with Crippen LogP contribution in [0.25, 0.3) is 0 Å². The Labute approximate surface area is 89.5 Å². The molecule has 82 valence electrons. The van der Waals surface area contributed by atoms with Gasteiger partial charge in [-0.25, -0.2) is 4.98 Å². The number of aliphatic hydroxyl groups excluding tert-OH is 1. The van der Waals surface area contributed by atoms with Gasteiger partial charge in [-0.05, 0) is 25.7 Å². The molecule has 1 fully saturated rings. The fourth-order valence-corrected chi connectivity index (χ4v) is 2.72. The van der Waals surface area contributed by atoms with E-state index in [4.69, 9.17) is 4.42 Å². The van der Waals surface area contributed by atoms with Gasteiger partial charge in [-0.1, -0.05) is 12.8 Å². The van der Waals surface area contributed by atoms with Gasteiger partial charge in [0.25, 0.3) is 0 Å². The molecule has 0 radical (unpaired) electrons. The highest BCUT2D eigenvalue weighted by molar-refractivity contribution is 5.16. The van der Waals surface area contributed by atoms with E-state index < -0.39 is 0 Å². The van der Waals surface area contributed by atoms with Gasteiger partial charge >= 0.3 is 0 Å². The number of hydrogen-bond acceptors (Lipinski definition) is 3. The maximum absolute atomic E-state index is 9.54. The Kier molecular flexibility index (Phi) is 2.28. The van der Waals surface area contributed by atoms with Gasteiger partial charge in [0.15, 0.2) is 5.89 Å². The van der Waals surface area contributed by atoms with Crippen LogP contribution in [0.2, 0.25) is 0 Å². The third-order valence-corrected chi connectivity index (χ3v) is 3.63. The van der Waals surface area contributed by atoms with Crippen molar-refractivity contribution in [2.24, 2.45) is 0 Å². The summed E-state index contributed by atoms with van der Waals surface area (Å²) in [5.74, 6) is 2.43. The predicted molar refractivity (Wildman–Crippen MR) is 55.7 cm³/mol. The Bertz CT molecular complexity index is 353. The fraction of sp³-hybridized carbons (Fsp3) is 0.750.